The van der Waals surface area contributed by atoms with E-state index in [1.807, 2.05) is 6.07 Å². The number of likely N-dealkylation sites (tertiary alicyclic amines) is 1. The molecule has 0 aliphatic carbocycles. The van der Waals surface area contributed by atoms with E-state index in [2.05, 4.69) is 26.4 Å². The van der Waals surface area contributed by atoms with E-state index in [1.165, 1.54) is 29.1 Å². The number of nitrogens with zero attached hydrogens (tertiary/aromatic N) is 1. The number of hydrogen-bond acceptors (Lipinski definition) is 4. The predicted octanol–water partition coefficient (Wildman–Crippen LogP) is 3.74. The molecule has 1 unspecified atom stereocenters. The molecule has 1 atom stereocenters. The first kappa shape index (κ1) is 17.8. The molecular weight excluding hydrogens is 346 g/mol. The third kappa shape index (κ3) is 5.24. The van der Waals surface area contributed by atoms with Crippen LogP contribution >= 0.6 is 11.3 Å². The number of ether oxygens (including phenoxy) is 1. The van der Waals surface area contributed by atoms with Gasteiger partial charge < -0.3 is 10.1 Å². The van der Waals surface area contributed by atoms with Gasteiger partial charge in [-0.1, -0.05) is 6.07 Å². The maximum Gasteiger partial charge on any atom is 0.387 e. The number of amides is 1. The molecule has 1 saturated heterocycles. The molecule has 3 rings (SSSR count). The number of alkyl halides is 2. The maximum atomic E-state index is 12.4. The molecular formula is C18H20F2N2O2S. The number of benzene rings is 1. The van der Waals surface area contributed by atoms with Crippen LogP contribution in [0.5, 0.6) is 5.75 Å². The van der Waals surface area contributed by atoms with Crippen LogP contribution in [0.15, 0.2) is 41.8 Å². The molecule has 25 heavy (non-hydrogen) atoms. The molecule has 1 aliphatic heterocycles. The smallest absolute Gasteiger partial charge is 0.387 e. The van der Waals surface area contributed by atoms with E-state index in [1.54, 1.807) is 11.3 Å². The Morgan fingerprint density at radius 3 is 2.80 bits per heavy atom. The van der Waals surface area contributed by atoms with Gasteiger partial charge in [-0.2, -0.15) is 8.78 Å². The summed E-state index contributed by atoms with van der Waals surface area (Å²) >= 11 is 1.74. The van der Waals surface area contributed by atoms with Gasteiger partial charge in [0.05, 0.1) is 0 Å². The Morgan fingerprint density at radius 1 is 1.32 bits per heavy atom. The zero-order valence-electron chi connectivity index (χ0n) is 13.7. The second-order valence-corrected chi connectivity index (χ2v) is 7.06. The van der Waals surface area contributed by atoms with Gasteiger partial charge in [-0.15, -0.1) is 11.3 Å². The van der Waals surface area contributed by atoms with Crippen LogP contribution < -0.4 is 10.1 Å². The first-order valence-corrected chi connectivity index (χ1v) is 9.08. The van der Waals surface area contributed by atoms with Crippen molar-refractivity contribution in [3.05, 3.63) is 52.2 Å². The fraction of sp³-hybridized carbons (Fsp3) is 0.389. The van der Waals surface area contributed by atoms with E-state index in [0.717, 1.165) is 32.5 Å². The molecule has 0 bridgehead atoms. The zero-order chi connectivity index (χ0) is 17.6. The van der Waals surface area contributed by atoms with Gasteiger partial charge in [0.1, 0.15) is 5.75 Å². The van der Waals surface area contributed by atoms with E-state index in [0.29, 0.717) is 5.56 Å². The summed E-state index contributed by atoms with van der Waals surface area (Å²) in [7, 11) is 0. The van der Waals surface area contributed by atoms with Gasteiger partial charge in [0.25, 0.3) is 5.91 Å². The van der Waals surface area contributed by atoms with Crippen LogP contribution in [0.3, 0.4) is 0 Å². The highest BCUT2D eigenvalue weighted by Gasteiger charge is 2.22. The molecule has 1 aromatic heterocycles. The van der Waals surface area contributed by atoms with Crippen molar-refractivity contribution < 1.29 is 18.3 Å². The van der Waals surface area contributed by atoms with Crippen LogP contribution in [0.2, 0.25) is 0 Å². The number of hydrogen-bond donors (Lipinski definition) is 1. The molecule has 1 aromatic carbocycles. The summed E-state index contributed by atoms with van der Waals surface area (Å²) in [4.78, 5) is 16.0. The second kappa shape index (κ2) is 8.40. The van der Waals surface area contributed by atoms with E-state index in [9.17, 15) is 13.6 Å². The van der Waals surface area contributed by atoms with Gasteiger partial charge in [0, 0.05) is 29.6 Å². The lowest BCUT2D eigenvalue weighted by Crippen LogP contribution is -2.47. The molecule has 0 spiro atoms. The van der Waals surface area contributed by atoms with Gasteiger partial charge in [-0.05, 0) is 55.1 Å². The first-order valence-electron chi connectivity index (χ1n) is 8.20. The van der Waals surface area contributed by atoms with Crippen LogP contribution in [0.25, 0.3) is 0 Å². The molecule has 2 heterocycles. The third-order valence-corrected chi connectivity index (χ3v) is 5.00. The lowest BCUT2D eigenvalue weighted by atomic mass is 10.0. The Balaban J connectivity index is 1.53. The number of piperidine rings is 1. The molecule has 0 saturated carbocycles. The summed E-state index contributed by atoms with van der Waals surface area (Å²) in [5.74, 6) is -0.141. The van der Waals surface area contributed by atoms with E-state index < -0.39 is 6.61 Å². The van der Waals surface area contributed by atoms with E-state index >= 15 is 0 Å². The number of carbonyl (C=O) groups excluding carboxylic acids is 1. The molecule has 1 N–H and O–H groups in total. The zero-order valence-corrected chi connectivity index (χ0v) is 14.5. The topological polar surface area (TPSA) is 41.6 Å². The Bertz CT molecular complexity index is 677. The normalized spacial score (nSPS) is 18.3. The van der Waals surface area contributed by atoms with Crippen LogP contribution in [0, 0.1) is 0 Å². The number of thiophene rings is 1. The van der Waals surface area contributed by atoms with Gasteiger partial charge in [-0.25, -0.2) is 0 Å². The third-order valence-electron chi connectivity index (χ3n) is 4.14. The Kier molecular flexibility index (Phi) is 5.99. The molecule has 7 heteroatoms. The Labute approximate surface area is 149 Å². The van der Waals surface area contributed by atoms with Crippen LogP contribution in [0.4, 0.5) is 8.78 Å². The van der Waals surface area contributed by atoms with Crippen molar-refractivity contribution in [2.45, 2.75) is 32.0 Å². The minimum Gasteiger partial charge on any atom is -0.435 e. The van der Waals surface area contributed by atoms with Gasteiger partial charge in [0.2, 0.25) is 0 Å². The van der Waals surface area contributed by atoms with Crippen molar-refractivity contribution >= 4 is 17.2 Å². The van der Waals surface area contributed by atoms with Gasteiger partial charge >= 0.3 is 6.61 Å². The molecule has 2 aromatic rings. The van der Waals surface area contributed by atoms with Crippen LogP contribution in [-0.4, -0.2) is 36.5 Å². The highest BCUT2D eigenvalue weighted by molar-refractivity contribution is 7.09. The average Bonchev–Trinajstić information content (AvgIpc) is 3.08. The molecule has 4 nitrogen and oxygen atoms in total. The van der Waals surface area contributed by atoms with Crippen molar-refractivity contribution in [3.8, 4) is 5.75 Å². The summed E-state index contributed by atoms with van der Waals surface area (Å²) < 4.78 is 28.6. The summed E-state index contributed by atoms with van der Waals surface area (Å²) in [6.45, 7) is -0.111. The SMILES string of the molecule is O=C(NC1CCCN(Cc2cccs2)C1)c1ccc(OC(F)F)cc1. The highest BCUT2D eigenvalue weighted by atomic mass is 32.1. The number of carbonyl (C=O) groups is 1. The summed E-state index contributed by atoms with van der Waals surface area (Å²) in [6.07, 6.45) is 1.98. The van der Waals surface area contributed by atoms with Gasteiger partial charge in [0.15, 0.2) is 0 Å². The van der Waals surface area contributed by atoms with Crippen LogP contribution in [-0.2, 0) is 6.54 Å². The summed E-state index contributed by atoms with van der Waals surface area (Å²) in [6, 6.07) is 10.0. The standard InChI is InChI=1S/C18H20F2N2O2S/c19-18(20)24-15-7-5-13(6-8-15)17(23)21-14-3-1-9-22(11-14)12-16-4-2-10-25-16/h2,4-8,10,14,18H,1,3,9,11-12H2,(H,21,23). The molecule has 0 radical (unpaired) electrons. The number of halogens is 2. The predicted molar refractivity (Wildman–Crippen MR) is 93.2 cm³/mol. The minimum atomic E-state index is -2.86. The Morgan fingerprint density at radius 2 is 2.12 bits per heavy atom. The van der Waals surface area contributed by atoms with Gasteiger partial charge in [-0.3, -0.25) is 9.69 Å². The van der Waals surface area contributed by atoms with Crippen molar-refractivity contribution in [1.29, 1.82) is 0 Å². The van der Waals surface area contributed by atoms with Crippen LogP contribution in [0.1, 0.15) is 28.1 Å². The highest BCUT2D eigenvalue weighted by Crippen LogP contribution is 2.18. The van der Waals surface area contributed by atoms with Crippen molar-refractivity contribution in [3.63, 3.8) is 0 Å². The van der Waals surface area contributed by atoms with E-state index in [4.69, 9.17) is 0 Å². The first-order chi connectivity index (χ1) is 12.1. The quantitative estimate of drug-likeness (QED) is 0.847. The fourth-order valence-electron chi connectivity index (χ4n) is 3.00. The van der Waals surface area contributed by atoms with E-state index in [-0.39, 0.29) is 17.7 Å². The largest absolute Gasteiger partial charge is 0.435 e. The number of nitrogens with one attached hydrogen (secondary N) is 1. The average molecular weight is 366 g/mol. The lowest BCUT2D eigenvalue weighted by Gasteiger charge is -2.32. The summed E-state index contributed by atoms with van der Waals surface area (Å²) in [5, 5.41) is 5.11. The Hall–Kier alpha value is -1.99. The van der Waals surface area contributed by atoms with Crippen molar-refractivity contribution in [2.24, 2.45) is 0 Å². The second-order valence-electron chi connectivity index (χ2n) is 6.03. The summed E-state index contributed by atoms with van der Waals surface area (Å²) in [5.41, 5.74) is 0.442. The molecule has 134 valence electrons. The molecule has 1 aliphatic rings. The van der Waals surface area contributed by atoms with Crippen molar-refractivity contribution in [2.75, 3.05) is 13.1 Å². The maximum absolute atomic E-state index is 12.4. The fourth-order valence-corrected chi connectivity index (χ4v) is 3.74. The lowest BCUT2D eigenvalue weighted by molar-refractivity contribution is -0.0498. The minimum absolute atomic E-state index is 0.0475. The van der Waals surface area contributed by atoms with Crippen molar-refractivity contribution in [1.82, 2.24) is 10.2 Å². The monoisotopic (exact) mass is 366 g/mol. The number of rotatable bonds is 6. The molecule has 1 amide bonds. The molecule has 1 fully saturated rings.